The van der Waals surface area contributed by atoms with E-state index in [1.807, 2.05) is 24.6 Å². The van der Waals surface area contributed by atoms with Gasteiger partial charge in [0, 0.05) is 25.0 Å². The fraction of sp³-hybridized carbons (Fsp3) is 0.600. The molecule has 0 aliphatic carbocycles. The van der Waals surface area contributed by atoms with Gasteiger partial charge in [-0.25, -0.2) is 4.98 Å². The molecule has 0 saturated heterocycles. The maximum Gasteiger partial charge on any atom is 0.324 e. The van der Waals surface area contributed by atoms with Gasteiger partial charge in [-0.15, -0.1) is 0 Å². The van der Waals surface area contributed by atoms with Crippen molar-refractivity contribution in [3.8, 4) is 0 Å². The van der Waals surface area contributed by atoms with Gasteiger partial charge < -0.3 is 14.6 Å². The van der Waals surface area contributed by atoms with Crippen molar-refractivity contribution in [1.29, 1.82) is 0 Å². The monoisotopic (exact) mass is 211 g/mol. The smallest absolute Gasteiger partial charge is 0.324 e. The van der Waals surface area contributed by atoms with E-state index in [0.29, 0.717) is 6.54 Å². The van der Waals surface area contributed by atoms with Crippen LogP contribution in [-0.4, -0.2) is 34.7 Å². The number of hydrogen-bond acceptors (Lipinski definition) is 4. The van der Waals surface area contributed by atoms with Crippen LogP contribution in [0.5, 0.6) is 0 Å². The van der Waals surface area contributed by atoms with Gasteiger partial charge >= 0.3 is 5.97 Å². The van der Waals surface area contributed by atoms with E-state index in [2.05, 4.69) is 10.3 Å². The minimum atomic E-state index is -0.329. The number of nitrogens with zero attached hydrogens (tertiary/aromatic N) is 2. The van der Waals surface area contributed by atoms with Crippen molar-refractivity contribution in [2.24, 2.45) is 0 Å². The zero-order chi connectivity index (χ0) is 11.3. The molecular formula is C10H17N3O2. The first kappa shape index (κ1) is 11.7. The van der Waals surface area contributed by atoms with Crippen LogP contribution in [0, 0.1) is 0 Å². The van der Waals surface area contributed by atoms with Gasteiger partial charge in [-0.3, -0.25) is 4.79 Å². The van der Waals surface area contributed by atoms with Crippen LogP contribution >= 0.6 is 0 Å². The molecular weight excluding hydrogens is 194 g/mol. The maximum atomic E-state index is 11.5. The molecule has 5 heteroatoms. The van der Waals surface area contributed by atoms with Gasteiger partial charge in [0.15, 0.2) is 0 Å². The molecule has 1 aromatic heterocycles. The normalized spacial score (nSPS) is 12.8. The van der Waals surface area contributed by atoms with E-state index in [1.54, 1.807) is 12.5 Å². The van der Waals surface area contributed by atoms with E-state index in [4.69, 9.17) is 4.74 Å². The highest BCUT2D eigenvalue weighted by Gasteiger charge is 2.19. The highest BCUT2D eigenvalue weighted by Crippen LogP contribution is 1.97. The van der Waals surface area contributed by atoms with Crippen molar-refractivity contribution in [3.05, 3.63) is 18.7 Å². The van der Waals surface area contributed by atoms with E-state index < -0.39 is 0 Å². The molecule has 0 aliphatic heterocycles. The standard InChI is InChI=1S/C10H17N3O2/c1-8(2)12-9(10(14)15-3)6-13-5-4-11-7-13/h4-5,7-9,12H,6H2,1-3H3. The van der Waals surface area contributed by atoms with Crippen molar-refractivity contribution in [2.75, 3.05) is 7.11 Å². The van der Waals surface area contributed by atoms with Gasteiger partial charge in [-0.2, -0.15) is 0 Å². The van der Waals surface area contributed by atoms with Crippen LogP contribution in [0.3, 0.4) is 0 Å². The highest BCUT2D eigenvalue weighted by molar-refractivity contribution is 5.75. The van der Waals surface area contributed by atoms with Crippen LogP contribution in [0.2, 0.25) is 0 Å². The number of methoxy groups -OCH3 is 1. The summed E-state index contributed by atoms with van der Waals surface area (Å²) in [5.74, 6) is -0.252. The molecule has 0 saturated carbocycles. The predicted octanol–water partition coefficient (Wildman–Crippen LogP) is 0.423. The number of nitrogens with one attached hydrogen (secondary N) is 1. The molecule has 0 fully saturated rings. The van der Waals surface area contributed by atoms with Gasteiger partial charge in [-0.1, -0.05) is 13.8 Å². The largest absolute Gasteiger partial charge is 0.468 e. The molecule has 15 heavy (non-hydrogen) atoms. The third-order valence-corrected chi connectivity index (χ3v) is 1.97. The summed E-state index contributed by atoms with van der Waals surface area (Å²) < 4.78 is 6.57. The number of imidazole rings is 1. The van der Waals surface area contributed by atoms with Crippen LogP contribution in [0.15, 0.2) is 18.7 Å². The van der Waals surface area contributed by atoms with Crippen molar-refractivity contribution in [1.82, 2.24) is 14.9 Å². The third-order valence-electron chi connectivity index (χ3n) is 1.97. The molecule has 0 aromatic carbocycles. The first-order valence-corrected chi connectivity index (χ1v) is 4.93. The van der Waals surface area contributed by atoms with Crippen LogP contribution in [-0.2, 0) is 16.1 Å². The molecule has 1 aromatic rings. The Morgan fingerprint density at radius 3 is 2.80 bits per heavy atom. The van der Waals surface area contributed by atoms with Crippen molar-refractivity contribution >= 4 is 5.97 Å². The zero-order valence-electron chi connectivity index (χ0n) is 9.30. The lowest BCUT2D eigenvalue weighted by molar-refractivity contribution is -0.143. The number of rotatable bonds is 5. The summed E-state index contributed by atoms with van der Waals surface area (Å²) in [4.78, 5) is 15.4. The Morgan fingerprint density at radius 1 is 1.60 bits per heavy atom. The van der Waals surface area contributed by atoms with Crippen molar-refractivity contribution in [3.63, 3.8) is 0 Å². The Kier molecular flexibility index (Phi) is 4.30. The van der Waals surface area contributed by atoms with Crippen LogP contribution in [0.25, 0.3) is 0 Å². The molecule has 1 rings (SSSR count). The lowest BCUT2D eigenvalue weighted by atomic mass is 10.2. The van der Waals surface area contributed by atoms with E-state index in [9.17, 15) is 4.79 Å². The molecule has 1 atom stereocenters. The molecule has 0 radical (unpaired) electrons. The Bertz CT molecular complexity index is 296. The van der Waals surface area contributed by atoms with E-state index in [0.717, 1.165) is 0 Å². The minimum absolute atomic E-state index is 0.234. The zero-order valence-corrected chi connectivity index (χ0v) is 9.30. The predicted molar refractivity (Wildman–Crippen MR) is 56.3 cm³/mol. The second kappa shape index (κ2) is 5.50. The molecule has 5 nitrogen and oxygen atoms in total. The summed E-state index contributed by atoms with van der Waals surface area (Å²) in [6, 6.07) is -0.0955. The molecule has 0 bridgehead atoms. The number of ether oxygens (including phenoxy) is 1. The first-order chi connectivity index (χ1) is 7.13. The lowest BCUT2D eigenvalue weighted by Crippen LogP contribution is -2.44. The summed E-state index contributed by atoms with van der Waals surface area (Å²) in [5.41, 5.74) is 0. The second-order valence-corrected chi connectivity index (χ2v) is 3.66. The van der Waals surface area contributed by atoms with E-state index >= 15 is 0 Å². The Hall–Kier alpha value is -1.36. The fourth-order valence-corrected chi connectivity index (χ4v) is 1.35. The maximum absolute atomic E-state index is 11.5. The second-order valence-electron chi connectivity index (χ2n) is 3.66. The fourth-order valence-electron chi connectivity index (χ4n) is 1.35. The van der Waals surface area contributed by atoms with Gasteiger partial charge in [0.05, 0.1) is 13.4 Å². The van der Waals surface area contributed by atoms with Crippen molar-refractivity contribution < 1.29 is 9.53 Å². The summed E-state index contributed by atoms with van der Waals surface area (Å²) >= 11 is 0. The lowest BCUT2D eigenvalue weighted by Gasteiger charge is -2.19. The molecule has 1 N–H and O–H groups in total. The molecule has 0 aliphatic rings. The Labute approximate surface area is 89.4 Å². The SMILES string of the molecule is COC(=O)C(Cn1ccnc1)NC(C)C. The van der Waals surface area contributed by atoms with Crippen LogP contribution in [0.1, 0.15) is 13.8 Å². The minimum Gasteiger partial charge on any atom is -0.468 e. The van der Waals surface area contributed by atoms with Crippen LogP contribution in [0.4, 0.5) is 0 Å². The van der Waals surface area contributed by atoms with Gasteiger partial charge in [0.2, 0.25) is 0 Å². The average molecular weight is 211 g/mol. The molecule has 1 heterocycles. The number of hydrogen-bond donors (Lipinski definition) is 1. The Morgan fingerprint density at radius 2 is 2.33 bits per heavy atom. The summed E-state index contributed by atoms with van der Waals surface area (Å²) in [7, 11) is 1.39. The number of esters is 1. The average Bonchev–Trinajstić information content (AvgIpc) is 2.67. The Balaban J connectivity index is 2.60. The van der Waals surface area contributed by atoms with E-state index in [-0.39, 0.29) is 18.1 Å². The summed E-state index contributed by atoms with van der Waals surface area (Å²) in [6.07, 6.45) is 5.18. The molecule has 1 unspecified atom stereocenters. The molecule has 0 amide bonds. The van der Waals surface area contributed by atoms with Gasteiger partial charge in [0.25, 0.3) is 0 Å². The highest BCUT2D eigenvalue weighted by atomic mass is 16.5. The number of carbonyl (C=O) groups excluding carboxylic acids is 1. The van der Waals surface area contributed by atoms with Crippen molar-refractivity contribution in [2.45, 2.75) is 32.5 Å². The van der Waals surface area contributed by atoms with Crippen LogP contribution < -0.4 is 5.32 Å². The molecule has 0 spiro atoms. The molecule has 84 valence electrons. The van der Waals surface area contributed by atoms with Gasteiger partial charge in [0.1, 0.15) is 6.04 Å². The third kappa shape index (κ3) is 3.71. The summed E-state index contributed by atoms with van der Waals surface area (Å²) in [5, 5.41) is 3.15. The number of carbonyl (C=O) groups is 1. The topological polar surface area (TPSA) is 56.2 Å². The first-order valence-electron chi connectivity index (χ1n) is 4.93. The number of aromatic nitrogens is 2. The van der Waals surface area contributed by atoms with E-state index in [1.165, 1.54) is 7.11 Å². The quantitative estimate of drug-likeness (QED) is 0.717. The summed E-state index contributed by atoms with van der Waals surface area (Å²) in [6.45, 7) is 4.51. The van der Waals surface area contributed by atoms with Gasteiger partial charge in [-0.05, 0) is 0 Å².